The number of halogens is 1. The van der Waals surface area contributed by atoms with E-state index in [2.05, 4.69) is 10.6 Å². The van der Waals surface area contributed by atoms with E-state index in [9.17, 15) is 9.59 Å². The lowest BCUT2D eigenvalue weighted by Crippen LogP contribution is -2.30. The van der Waals surface area contributed by atoms with Crippen molar-refractivity contribution in [1.29, 1.82) is 5.26 Å². The standard InChI is InChI=1S/C19H19ClN4O2/c1-22-19(26)14-5-3-13(4-6-14)11-24(2)12-18(25)23-17-9-16(20)8-7-15(17)10-21/h3-9H,11-12H2,1-2H3,(H,22,26)(H,23,25). The summed E-state index contributed by atoms with van der Waals surface area (Å²) in [5.41, 5.74) is 2.32. The van der Waals surface area contributed by atoms with Crippen LogP contribution in [0.15, 0.2) is 42.5 Å². The normalized spacial score (nSPS) is 10.3. The maximum absolute atomic E-state index is 12.2. The molecule has 0 saturated heterocycles. The maximum atomic E-state index is 12.2. The molecule has 0 saturated carbocycles. The largest absolute Gasteiger partial charge is 0.355 e. The van der Waals surface area contributed by atoms with Crippen molar-refractivity contribution in [2.24, 2.45) is 0 Å². The minimum absolute atomic E-state index is 0.140. The Bertz CT molecular complexity index is 844. The number of benzene rings is 2. The number of anilines is 1. The fourth-order valence-electron chi connectivity index (χ4n) is 2.43. The third kappa shape index (κ3) is 5.31. The molecular weight excluding hydrogens is 352 g/mol. The predicted octanol–water partition coefficient (Wildman–Crippen LogP) is 2.64. The van der Waals surface area contributed by atoms with Crippen LogP contribution >= 0.6 is 11.6 Å². The molecule has 0 heterocycles. The number of hydrogen-bond acceptors (Lipinski definition) is 4. The summed E-state index contributed by atoms with van der Waals surface area (Å²) >= 11 is 5.92. The molecule has 0 spiro atoms. The second-order valence-corrected chi connectivity index (χ2v) is 6.23. The first-order valence-electron chi connectivity index (χ1n) is 7.92. The van der Waals surface area contributed by atoms with E-state index in [1.807, 2.05) is 30.1 Å². The topological polar surface area (TPSA) is 85.2 Å². The molecule has 0 atom stereocenters. The zero-order valence-electron chi connectivity index (χ0n) is 14.5. The quantitative estimate of drug-likeness (QED) is 0.818. The van der Waals surface area contributed by atoms with Gasteiger partial charge in [-0.25, -0.2) is 0 Å². The van der Waals surface area contributed by atoms with Gasteiger partial charge in [0.2, 0.25) is 5.91 Å². The number of nitrogens with zero attached hydrogens (tertiary/aromatic N) is 2. The lowest BCUT2D eigenvalue weighted by atomic mass is 10.1. The summed E-state index contributed by atoms with van der Waals surface area (Å²) in [6, 6.07) is 13.9. The molecule has 7 heteroatoms. The number of hydrogen-bond donors (Lipinski definition) is 2. The highest BCUT2D eigenvalue weighted by atomic mass is 35.5. The van der Waals surface area contributed by atoms with Crippen LogP contribution in [-0.4, -0.2) is 37.4 Å². The molecule has 26 heavy (non-hydrogen) atoms. The van der Waals surface area contributed by atoms with Gasteiger partial charge < -0.3 is 10.6 Å². The van der Waals surface area contributed by atoms with E-state index in [-0.39, 0.29) is 18.4 Å². The number of likely N-dealkylation sites (N-methyl/N-ethyl adjacent to an activating group) is 1. The number of amides is 2. The van der Waals surface area contributed by atoms with E-state index < -0.39 is 0 Å². The van der Waals surface area contributed by atoms with Crippen molar-refractivity contribution in [3.63, 3.8) is 0 Å². The highest BCUT2D eigenvalue weighted by molar-refractivity contribution is 6.31. The van der Waals surface area contributed by atoms with E-state index in [4.69, 9.17) is 16.9 Å². The molecular formula is C19H19ClN4O2. The first-order chi connectivity index (χ1) is 12.4. The van der Waals surface area contributed by atoms with E-state index in [0.29, 0.717) is 28.4 Å². The highest BCUT2D eigenvalue weighted by Gasteiger charge is 2.11. The third-order valence-corrected chi connectivity index (χ3v) is 3.92. The van der Waals surface area contributed by atoms with Gasteiger partial charge in [-0.15, -0.1) is 0 Å². The van der Waals surface area contributed by atoms with Crippen molar-refractivity contribution in [1.82, 2.24) is 10.2 Å². The van der Waals surface area contributed by atoms with Crippen LogP contribution in [0.4, 0.5) is 5.69 Å². The number of carbonyl (C=O) groups excluding carboxylic acids is 2. The van der Waals surface area contributed by atoms with E-state index in [0.717, 1.165) is 5.56 Å². The van der Waals surface area contributed by atoms with Gasteiger partial charge in [0.25, 0.3) is 5.91 Å². The number of rotatable bonds is 6. The fourth-order valence-corrected chi connectivity index (χ4v) is 2.60. The molecule has 2 aromatic carbocycles. The average molecular weight is 371 g/mol. The molecule has 0 aliphatic heterocycles. The zero-order chi connectivity index (χ0) is 19.1. The molecule has 0 fully saturated rings. The van der Waals surface area contributed by atoms with Gasteiger partial charge >= 0.3 is 0 Å². The molecule has 0 aliphatic rings. The van der Waals surface area contributed by atoms with Gasteiger partial charge in [-0.1, -0.05) is 23.7 Å². The number of nitrogens with one attached hydrogen (secondary N) is 2. The first kappa shape index (κ1) is 19.4. The van der Waals surface area contributed by atoms with Crippen LogP contribution in [0.3, 0.4) is 0 Å². The predicted molar refractivity (Wildman–Crippen MR) is 101 cm³/mol. The summed E-state index contributed by atoms with van der Waals surface area (Å²) in [6.45, 7) is 0.691. The van der Waals surface area contributed by atoms with Crippen LogP contribution in [0, 0.1) is 11.3 Å². The van der Waals surface area contributed by atoms with Crippen molar-refractivity contribution in [2.75, 3.05) is 26.0 Å². The summed E-state index contributed by atoms with van der Waals surface area (Å²) in [5, 5.41) is 14.8. The van der Waals surface area contributed by atoms with Crippen molar-refractivity contribution < 1.29 is 9.59 Å². The SMILES string of the molecule is CNC(=O)c1ccc(CN(C)CC(=O)Nc2cc(Cl)ccc2C#N)cc1. The van der Waals surface area contributed by atoms with E-state index >= 15 is 0 Å². The van der Waals surface area contributed by atoms with Crippen LogP contribution in [0.1, 0.15) is 21.5 Å². The Morgan fingerprint density at radius 2 is 1.88 bits per heavy atom. The second kappa shape index (κ2) is 8.99. The summed E-state index contributed by atoms with van der Waals surface area (Å²) in [4.78, 5) is 25.6. The molecule has 2 N–H and O–H groups in total. The lowest BCUT2D eigenvalue weighted by molar-refractivity contribution is -0.117. The first-order valence-corrected chi connectivity index (χ1v) is 8.29. The van der Waals surface area contributed by atoms with Gasteiger partial charge in [0, 0.05) is 24.2 Å². The second-order valence-electron chi connectivity index (χ2n) is 5.80. The Kier molecular flexibility index (Phi) is 6.73. The maximum Gasteiger partial charge on any atom is 0.251 e. The van der Waals surface area contributed by atoms with Crippen molar-refractivity contribution in [3.05, 3.63) is 64.2 Å². The summed E-state index contributed by atoms with van der Waals surface area (Å²) < 4.78 is 0. The molecule has 6 nitrogen and oxygen atoms in total. The third-order valence-electron chi connectivity index (χ3n) is 3.69. The average Bonchev–Trinajstić information content (AvgIpc) is 2.61. The Morgan fingerprint density at radius 1 is 1.19 bits per heavy atom. The van der Waals surface area contributed by atoms with Crippen LogP contribution in [0.5, 0.6) is 0 Å². The van der Waals surface area contributed by atoms with E-state index in [1.54, 1.807) is 37.4 Å². The smallest absolute Gasteiger partial charge is 0.251 e. The lowest BCUT2D eigenvalue weighted by Gasteiger charge is -2.17. The van der Waals surface area contributed by atoms with Crippen LogP contribution in [-0.2, 0) is 11.3 Å². The molecule has 0 radical (unpaired) electrons. The van der Waals surface area contributed by atoms with Gasteiger partial charge in [0.15, 0.2) is 0 Å². The van der Waals surface area contributed by atoms with E-state index in [1.165, 1.54) is 0 Å². The van der Waals surface area contributed by atoms with Gasteiger partial charge in [-0.2, -0.15) is 5.26 Å². The van der Waals surface area contributed by atoms with Gasteiger partial charge in [0.05, 0.1) is 17.8 Å². The van der Waals surface area contributed by atoms with Gasteiger partial charge in [-0.3, -0.25) is 14.5 Å². The van der Waals surface area contributed by atoms with Crippen molar-refractivity contribution in [3.8, 4) is 6.07 Å². The monoisotopic (exact) mass is 370 g/mol. The molecule has 0 unspecified atom stereocenters. The molecule has 2 aromatic rings. The minimum Gasteiger partial charge on any atom is -0.355 e. The Hall–Kier alpha value is -2.88. The molecule has 134 valence electrons. The Labute approximate surface area is 157 Å². The fraction of sp³-hybridized carbons (Fsp3) is 0.211. The van der Waals surface area contributed by atoms with Gasteiger partial charge in [-0.05, 0) is 42.9 Å². The number of nitriles is 1. The molecule has 2 amide bonds. The number of carbonyl (C=O) groups is 2. The molecule has 0 aromatic heterocycles. The molecule has 0 bridgehead atoms. The minimum atomic E-state index is -0.242. The Balaban J connectivity index is 1.94. The molecule has 0 aliphatic carbocycles. The highest BCUT2D eigenvalue weighted by Crippen LogP contribution is 2.20. The molecule has 2 rings (SSSR count). The summed E-state index contributed by atoms with van der Waals surface area (Å²) in [7, 11) is 3.40. The van der Waals surface area contributed by atoms with Crippen LogP contribution in [0.2, 0.25) is 5.02 Å². The van der Waals surface area contributed by atoms with Crippen molar-refractivity contribution >= 4 is 29.1 Å². The summed E-state index contributed by atoms with van der Waals surface area (Å²) in [5.74, 6) is -0.382. The summed E-state index contributed by atoms with van der Waals surface area (Å²) in [6.07, 6.45) is 0. The van der Waals surface area contributed by atoms with Crippen LogP contribution in [0.25, 0.3) is 0 Å². The Morgan fingerprint density at radius 3 is 2.50 bits per heavy atom. The van der Waals surface area contributed by atoms with Gasteiger partial charge in [0.1, 0.15) is 6.07 Å². The van der Waals surface area contributed by atoms with Crippen LogP contribution < -0.4 is 10.6 Å². The zero-order valence-corrected chi connectivity index (χ0v) is 15.3. The van der Waals surface area contributed by atoms with Crippen molar-refractivity contribution in [2.45, 2.75) is 6.54 Å².